The van der Waals surface area contributed by atoms with Crippen LogP contribution in [0.25, 0.3) is 22.4 Å². The Morgan fingerprint density at radius 3 is 2.81 bits per heavy atom. The molecule has 0 aliphatic carbocycles. The summed E-state index contributed by atoms with van der Waals surface area (Å²) in [5, 5.41) is 16.2. The number of benzene rings is 2. The van der Waals surface area contributed by atoms with Gasteiger partial charge in [-0.1, -0.05) is 30.3 Å². The number of hydrogen-bond acceptors (Lipinski definition) is 5. The van der Waals surface area contributed by atoms with Crippen molar-refractivity contribution in [1.29, 1.82) is 5.26 Å². The molecule has 0 fully saturated rings. The van der Waals surface area contributed by atoms with E-state index in [0.717, 1.165) is 16.6 Å². The molecule has 0 saturated carbocycles. The van der Waals surface area contributed by atoms with E-state index in [0.29, 0.717) is 17.2 Å². The van der Waals surface area contributed by atoms with Gasteiger partial charge >= 0.3 is 0 Å². The van der Waals surface area contributed by atoms with Crippen molar-refractivity contribution in [3.8, 4) is 17.5 Å². The van der Waals surface area contributed by atoms with E-state index in [1.807, 2.05) is 37.4 Å². The van der Waals surface area contributed by atoms with Crippen LogP contribution in [0, 0.1) is 11.3 Å². The minimum Gasteiger partial charge on any atom is -0.330 e. The summed E-state index contributed by atoms with van der Waals surface area (Å²) in [6.45, 7) is 0. The maximum atomic E-state index is 13.0. The molecular formula is C19H14N6O. The second-order valence-electron chi connectivity index (χ2n) is 5.86. The monoisotopic (exact) mass is 342 g/mol. The van der Waals surface area contributed by atoms with Gasteiger partial charge in [0.25, 0.3) is 0 Å². The quantitative estimate of drug-likeness (QED) is 0.575. The van der Waals surface area contributed by atoms with E-state index >= 15 is 0 Å². The van der Waals surface area contributed by atoms with Gasteiger partial charge in [-0.2, -0.15) is 10.4 Å². The van der Waals surface area contributed by atoms with Crippen molar-refractivity contribution in [2.45, 2.75) is 5.92 Å². The Balaban J connectivity index is 1.75. The van der Waals surface area contributed by atoms with Crippen LogP contribution in [0.5, 0.6) is 0 Å². The lowest BCUT2D eigenvalue weighted by Gasteiger charge is -2.09. The predicted molar refractivity (Wildman–Crippen MR) is 95.2 cm³/mol. The first-order valence-electron chi connectivity index (χ1n) is 8.00. The molecule has 7 nitrogen and oxygen atoms in total. The van der Waals surface area contributed by atoms with Crippen LogP contribution in [0.1, 0.15) is 22.1 Å². The number of nitrogens with one attached hydrogen (secondary N) is 1. The molecule has 0 aliphatic heterocycles. The molecule has 0 unspecified atom stereocenters. The summed E-state index contributed by atoms with van der Waals surface area (Å²) >= 11 is 0. The standard InChI is InChI=1S/C19H14N6O/c1-25-16-8-3-2-7-15(16)23-19(25)14(10-20)17(26)12-5-4-6-13(9-12)18-21-11-22-24-18/h2-9,11,14H,1H3,(H,21,22,24)/t14-/m0/s1. The third kappa shape index (κ3) is 2.54. The maximum absolute atomic E-state index is 13.0. The molecule has 26 heavy (non-hydrogen) atoms. The molecule has 2 heterocycles. The van der Waals surface area contributed by atoms with Crippen molar-refractivity contribution in [1.82, 2.24) is 24.7 Å². The van der Waals surface area contributed by atoms with Crippen molar-refractivity contribution >= 4 is 16.8 Å². The number of carbonyl (C=O) groups excluding carboxylic acids is 1. The first kappa shape index (κ1) is 15.7. The van der Waals surface area contributed by atoms with Crippen LogP contribution in [-0.2, 0) is 7.05 Å². The molecule has 0 radical (unpaired) electrons. The van der Waals surface area contributed by atoms with Gasteiger partial charge in [0.05, 0.1) is 17.1 Å². The predicted octanol–water partition coefficient (Wildman–Crippen LogP) is 2.85. The van der Waals surface area contributed by atoms with Gasteiger partial charge in [0, 0.05) is 18.2 Å². The number of imidazole rings is 1. The van der Waals surface area contributed by atoms with Crippen molar-refractivity contribution < 1.29 is 4.79 Å². The van der Waals surface area contributed by atoms with E-state index < -0.39 is 5.92 Å². The molecule has 2 aromatic heterocycles. The number of para-hydroxylation sites is 2. The number of H-pyrrole nitrogens is 1. The minimum atomic E-state index is -0.989. The number of nitriles is 1. The lowest BCUT2D eigenvalue weighted by atomic mass is 9.96. The summed E-state index contributed by atoms with van der Waals surface area (Å²) in [4.78, 5) is 21.6. The molecule has 0 bridgehead atoms. The molecular weight excluding hydrogens is 328 g/mol. The summed E-state index contributed by atoms with van der Waals surface area (Å²) in [5.41, 5.74) is 2.80. The summed E-state index contributed by atoms with van der Waals surface area (Å²) in [6, 6.07) is 16.6. The van der Waals surface area contributed by atoms with Gasteiger partial charge in [-0.05, 0) is 18.2 Å². The van der Waals surface area contributed by atoms with E-state index in [1.165, 1.54) is 6.33 Å². The van der Waals surface area contributed by atoms with Gasteiger partial charge in [0.2, 0.25) is 0 Å². The summed E-state index contributed by atoms with van der Waals surface area (Å²) < 4.78 is 1.79. The highest BCUT2D eigenvalue weighted by Gasteiger charge is 2.27. The zero-order valence-corrected chi connectivity index (χ0v) is 13.9. The molecule has 0 aliphatic rings. The highest BCUT2D eigenvalue weighted by atomic mass is 16.1. The van der Waals surface area contributed by atoms with Gasteiger partial charge in [0.1, 0.15) is 12.2 Å². The van der Waals surface area contributed by atoms with Crippen molar-refractivity contribution in [2.24, 2.45) is 7.05 Å². The fourth-order valence-electron chi connectivity index (χ4n) is 2.99. The van der Waals surface area contributed by atoms with E-state index in [4.69, 9.17) is 0 Å². The second-order valence-corrected chi connectivity index (χ2v) is 5.86. The van der Waals surface area contributed by atoms with Crippen LogP contribution < -0.4 is 0 Å². The third-order valence-corrected chi connectivity index (χ3v) is 4.31. The minimum absolute atomic E-state index is 0.299. The largest absolute Gasteiger partial charge is 0.330 e. The Hall–Kier alpha value is -3.79. The Morgan fingerprint density at radius 2 is 2.08 bits per heavy atom. The number of fused-ring (bicyclic) bond motifs is 1. The molecule has 2 aromatic carbocycles. The highest BCUT2D eigenvalue weighted by molar-refractivity contribution is 6.03. The Labute approximate surface area is 148 Å². The van der Waals surface area contributed by atoms with Gasteiger partial charge < -0.3 is 4.57 Å². The first-order valence-corrected chi connectivity index (χ1v) is 8.00. The average Bonchev–Trinajstić information content (AvgIpc) is 3.32. The number of aromatic amines is 1. The van der Waals surface area contributed by atoms with Crippen molar-refractivity contribution in [3.05, 3.63) is 66.2 Å². The molecule has 7 heteroatoms. The number of Topliss-reactive ketones (excluding diaryl/α,β-unsaturated/α-hetero) is 1. The van der Waals surface area contributed by atoms with Crippen LogP contribution >= 0.6 is 0 Å². The molecule has 0 saturated heterocycles. The number of carbonyl (C=O) groups is 1. The summed E-state index contributed by atoms with van der Waals surface area (Å²) in [6.07, 6.45) is 1.40. The van der Waals surface area contributed by atoms with Crippen molar-refractivity contribution in [3.63, 3.8) is 0 Å². The van der Waals surface area contributed by atoms with Gasteiger partial charge in [0.15, 0.2) is 17.5 Å². The maximum Gasteiger partial charge on any atom is 0.187 e. The fraction of sp³-hybridized carbons (Fsp3) is 0.105. The van der Waals surface area contributed by atoms with E-state index in [-0.39, 0.29) is 5.78 Å². The average molecular weight is 342 g/mol. The number of aromatic nitrogens is 5. The second kappa shape index (κ2) is 6.26. The van der Waals surface area contributed by atoms with E-state index in [1.54, 1.807) is 22.8 Å². The number of ketones is 1. The van der Waals surface area contributed by atoms with E-state index in [9.17, 15) is 10.1 Å². The molecule has 0 amide bonds. The number of aryl methyl sites for hydroxylation is 1. The van der Waals surface area contributed by atoms with Crippen LogP contribution in [0.4, 0.5) is 0 Å². The van der Waals surface area contributed by atoms with Gasteiger partial charge in [-0.25, -0.2) is 9.97 Å². The first-order chi connectivity index (χ1) is 12.7. The zero-order chi connectivity index (χ0) is 18.1. The molecule has 1 atom stereocenters. The zero-order valence-electron chi connectivity index (χ0n) is 13.9. The number of hydrogen-bond donors (Lipinski definition) is 1. The number of nitrogens with zero attached hydrogens (tertiary/aromatic N) is 5. The van der Waals surface area contributed by atoms with Crippen LogP contribution in [-0.4, -0.2) is 30.5 Å². The molecule has 4 aromatic rings. The number of rotatable bonds is 4. The molecule has 126 valence electrons. The Bertz CT molecular complexity index is 1140. The third-order valence-electron chi connectivity index (χ3n) is 4.31. The van der Waals surface area contributed by atoms with Crippen LogP contribution in [0.2, 0.25) is 0 Å². The molecule has 1 N–H and O–H groups in total. The van der Waals surface area contributed by atoms with Gasteiger partial charge in [-0.3, -0.25) is 9.89 Å². The summed E-state index contributed by atoms with van der Waals surface area (Å²) in [7, 11) is 1.81. The normalized spacial score (nSPS) is 12.0. The molecule has 0 spiro atoms. The highest BCUT2D eigenvalue weighted by Crippen LogP contribution is 2.25. The van der Waals surface area contributed by atoms with Crippen LogP contribution in [0.15, 0.2) is 54.9 Å². The smallest absolute Gasteiger partial charge is 0.187 e. The topological polar surface area (TPSA) is 100 Å². The SMILES string of the molecule is Cn1c([C@@H](C#N)C(=O)c2cccc(-c3ncn[nH]3)c2)nc2ccccc21. The van der Waals surface area contributed by atoms with E-state index in [2.05, 4.69) is 26.2 Å². The summed E-state index contributed by atoms with van der Waals surface area (Å²) in [5.74, 6) is -0.288. The Morgan fingerprint density at radius 1 is 1.23 bits per heavy atom. The fourth-order valence-corrected chi connectivity index (χ4v) is 2.99. The lowest BCUT2D eigenvalue weighted by molar-refractivity contribution is 0.0975. The molecule has 4 rings (SSSR count). The van der Waals surface area contributed by atoms with Crippen LogP contribution in [0.3, 0.4) is 0 Å². The van der Waals surface area contributed by atoms with Crippen molar-refractivity contribution in [2.75, 3.05) is 0 Å². The van der Waals surface area contributed by atoms with Gasteiger partial charge in [-0.15, -0.1) is 0 Å². The Kier molecular flexibility index (Phi) is 3.78. The lowest BCUT2D eigenvalue weighted by Crippen LogP contribution is -2.15.